The van der Waals surface area contributed by atoms with Gasteiger partial charge >= 0.3 is 5.97 Å². The zero-order valence-electron chi connectivity index (χ0n) is 10.8. The van der Waals surface area contributed by atoms with Gasteiger partial charge in [-0.15, -0.1) is 0 Å². The normalized spacial score (nSPS) is 12.2. The van der Waals surface area contributed by atoms with Gasteiger partial charge in [0.1, 0.15) is 0 Å². The van der Waals surface area contributed by atoms with Crippen molar-refractivity contribution in [3.05, 3.63) is 0 Å². The first kappa shape index (κ1) is 15.1. The van der Waals surface area contributed by atoms with E-state index in [0.29, 0.717) is 6.42 Å². The summed E-state index contributed by atoms with van der Waals surface area (Å²) in [5.41, 5.74) is 0. The lowest BCUT2D eigenvalue weighted by atomic mass is 10.1. The summed E-state index contributed by atoms with van der Waals surface area (Å²) in [7, 11) is 0. The lowest BCUT2D eigenvalue weighted by Gasteiger charge is -2.10. The quantitative estimate of drug-likeness (QED) is 0.449. The fourth-order valence-electron chi connectivity index (χ4n) is 1.60. The minimum absolute atomic E-state index is 0.0330. The molecule has 0 aliphatic carbocycles. The molecule has 3 nitrogen and oxygen atoms in total. The molecule has 0 radical (unpaired) electrons. The first-order valence-electron chi connectivity index (χ1n) is 6.27. The molecule has 0 N–H and O–H groups in total. The molecule has 1 unspecified atom stereocenters. The van der Waals surface area contributed by atoms with Crippen molar-refractivity contribution >= 4 is 11.8 Å². The largest absolute Gasteiger partial charge is 0.455 e. The third kappa shape index (κ3) is 8.45. The minimum atomic E-state index is -0.576. The van der Waals surface area contributed by atoms with Gasteiger partial charge in [0.05, 0.1) is 0 Å². The van der Waals surface area contributed by atoms with Crippen molar-refractivity contribution in [1.29, 1.82) is 0 Å². The highest BCUT2D eigenvalue weighted by atomic mass is 16.5. The average Bonchev–Trinajstić information content (AvgIpc) is 2.21. The summed E-state index contributed by atoms with van der Waals surface area (Å²) in [4.78, 5) is 22.1. The molecule has 0 saturated carbocycles. The van der Waals surface area contributed by atoms with Gasteiger partial charge < -0.3 is 4.74 Å². The van der Waals surface area contributed by atoms with Gasteiger partial charge in [-0.1, -0.05) is 39.0 Å². The maximum atomic E-state index is 11.5. The first-order chi connectivity index (χ1) is 7.57. The average molecular weight is 228 g/mol. The second-order valence-corrected chi connectivity index (χ2v) is 4.24. The maximum Gasteiger partial charge on any atom is 0.303 e. The Morgan fingerprint density at radius 1 is 1.06 bits per heavy atom. The van der Waals surface area contributed by atoms with Gasteiger partial charge in [0.25, 0.3) is 0 Å². The van der Waals surface area contributed by atoms with Crippen molar-refractivity contribution < 1.29 is 14.3 Å². The summed E-state index contributed by atoms with van der Waals surface area (Å²) in [5, 5.41) is 0. The van der Waals surface area contributed by atoms with Crippen molar-refractivity contribution in [1.82, 2.24) is 0 Å². The van der Waals surface area contributed by atoms with Crippen LogP contribution in [-0.4, -0.2) is 17.9 Å². The number of hydrogen-bond donors (Lipinski definition) is 0. The zero-order chi connectivity index (χ0) is 12.4. The lowest BCUT2D eigenvalue weighted by Crippen LogP contribution is -2.22. The molecule has 94 valence electrons. The molecule has 3 heteroatoms. The molecule has 0 aromatic rings. The molecule has 0 aliphatic rings. The van der Waals surface area contributed by atoms with E-state index in [-0.39, 0.29) is 11.8 Å². The molecule has 0 saturated heterocycles. The number of rotatable bonds is 9. The summed E-state index contributed by atoms with van der Waals surface area (Å²) >= 11 is 0. The molecule has 0 bridgehead atoms. The summed E-state index contributed by atoms with van der Waals surface area (Å²) < 4.78 is 4.82. The monoisotopic (exact) mass is 228 g/mol. The number of esters is 1. The minimum Gasteiger partial charge on any atom is -0.455 e. The fourth-order valence-corrected chi connectivity index (χ4v) is 1.60. The van der Waals surface area contributed by atoms with E-state index in [0.717, 1.165) is 12.8 Å². The standard InChI is InChI=1S/C13H24O3/c1-4-5-6-7-8-9-10-13(15)11(2)16-12(3)14/h11H,4-10H2,1-3H3. The molecule has 0 aromatic heterocycles. The van der Waals surface area contributed by atoms with Gasteiger partial charge in [0.15, 0.2) is 11.9 Å². The molecule has 0 heterocycles. The number of Topliss-reactive ketones (excluding diaryl/α,β-unsaturated/α-hetero) is 1. The summed E-state index contributed by atoms with van der Waals surface area (Å²) in [5.74, 6) is -0.352. The van der Waals surface area contributed by atoms with Crippen LogP contribution in [0.2, 0.25) is 0 Å². The van der Waals surface area contributed by atoms with Crippen molar-refractivity contribution in [2.75, 3.05) is 0 Å². The Hall–Kier alpha value is -0.860. The Labute approximate surface area is 98.6 Å². The smallest absolute Gasteiger partial charge is 0.303 e. The topological polar surface area (TPSA) is 43.4 Å². The van der Waals surface area contributed by atoms with E-state index in [1.54, 1.807) is 6.92 Å². The third-order valence-corrected chi connectivity index (χ3v) is 2.57. The van der Waals surface area contributed by atoms with Crippen LogP contribution in [0.4, 0.5) is 0 Å². The van der Waals surface area contributed by atoms with Crippen LogP contribution >= 0.6 is 0 Å². The number of unbranched alkanes of at least 4 members (excludes halogenated alkanes) is 5. The molecule has 16 heavy (non-hydrogen) atoms. The van der Waals surface area contributed by atoms with Crippen LogP contribution in [0.1, 0.15) is 65.7 Å². The zero-order valence-corrected chi connectivity index (χ0v) is 10.8. The number of ether oxygens (including phenoxy) is 1. The second-order valence-electron chi connectivity index (χ2n) is 4.24. The van der Waals surface area contributed by atoms with Gasteiger partial charge in [-0.25, -0.2) is 0 Å². The van der Waals surface area contributed by atoms with Gasteiger partial charge in [-0.3, -0.25) is 9.59 Å². The summed E-state index contributed by atoms with van der Waals surface area (Å²) in [6.07, 6.45) is 6.92. The molecular formula is C13H24O3. The second kappa shape index (κ2) is 9.37. The summed E-state index contributed by atoms with van der Waals surface area (Å²) in [6.45, 7) is 5.15. The van der Waals surface area contributed by atoms with Gasteiger partial charge in [0.2, 0.25) is 0 Å². The van der Waals surface area contributed by atoms with Gasteiger partial charge in [-0.2, -0.15) is 0 Å². The van der Waals surface area contributed by atoms with E-state index < -0.39 is 6.10 Å². The molecule has 0 aromatic carbocycles. The van der Waals surface area contributed by atoms with E-state index in [1.165, 1.54) is 32.6 Å². The Balaban J connectivity index is 3.46. The molecule has 0 aliphatic heterocycles. The number of hydrogen-bond acceptors (Lipinski definition) is 3. The van der Waals surface area contributed by atoms with Gasteiger partial charge in [0, 0.05) is 13.3 Å². The number of ketones is 1. The number of carbonyl (C=O) groups is 2. The van der Waals surface area contributed by atoms with E-state index in [1.807, 2.05) is 0 Å². The van der Waals surface area contributed by atoms with Crippen molar-refractivity contribution in [3.63, 3.8) is 0 Å². The highest BCUT2D eigenvalue weighted by Crippen LogP contribution is 2.09. The molecule has 0 fully saturated rings. The van der Waals surface area contributed by atoms with Gasteiger partial charge in [-0.05, 0) is 13.3 Å². The highest BCUT2D eigenvalue weighted by molar-refractivity contribution is 5.84. The van der Waals surface area contributed by atoms with Crippen LogP contribution in [0.3, 0.4) is 0 Å². The predicted molar refractivity (Wildman–Crippen MR) is 64.2 cm³/mol. The molecule has 0 rings (SSSR count). The maximum absolute atomic E-state index is 11.5. The Morgan fingerprint density at radius 2 is 1.62 bits per heavy atom. The third-order valence-electron chi connectivity index (χ3n) is 2.57. The fraction of sp³-hybridized carbons (Fsp3) is 0.846. The highest BCUT2D eigenvalue weighted by Gasteiger charge is 2.14. The Bertz CT molecular complexity index is 211. The molecule has 0 amide bonds. The predicted octanol–water partition coefficient (Wildman–Crippen LogP) is 3.26. The first-order valence-corrected chi connectivity index (χ1v) is 6.27. The van der Waals surface area contributed by atoms with Crippen LogP contribution in [-0.2, 0) is 14.3 Å². The van der Waals surface area contributed by atoms with Crippen molar-refractivity contribution in [3.8, 4) is 0 Å². The van der Waals surface area contributed by atoms with Crippen LogP contribution < -0.4 is 0 Å². The van der Waals surface area contributed by atoms with E-state index in [2.05, 4.69) is 6.92 Å². The number of carbonyl (C=O) groups excluding carboxylic acids is 2. The van der Waals surface area contributed by atoms with E-state index in [4.69, 9.17) is 4.74 Å². The Kier molecular flexibility index (Phi) is 8.87. The SMILES string of the molecule is CCCCCCCCC(=O)C(C)OC(C)=O. The van der Waals surface area contributed by atoms with Crippen molar-refractivity contribution in [2.45, 2.75) is 71.8 Å². The van der Waals surface area contributed by atoms with E-state index >= 15 is 0 Å². The Morgan fingerprint density at radius 3 is 2.19 bits per heavy atom. The lowest BCUT2D eigenvalue weighted by molar-refractivity contribution is -0.151. The molecule has 1 atom stereocenters. The van der Waals surface area contributed by atoms with Crippen molar-refractivity contribution in [2.24, 2.45) is 0 Å². The van der Waals surface area contributed by atoms with Crippen LogP contribution in [0.5, 0.6) is 0 Å². The summed E-state index contributed by atoms with van der Waals surface area (Å²) in [6, 6.07) is 0. The molecule has 0 spiro atoms. The van der Waals surface area contributed by atoms with Crippen LogP contribution in [0, 0.1) is 0 Å². The van der Waals surface area contributed by atoms with Crippen LogP contribution in [0.25, 0.3) is 0 Å². The molecular weight excluding hydrogens is 204 g/mol. The van der Waals surface area contributed by atoms with Crippen LogP contribution in [0.15, 0.2) is 0 Å². The van der Waals surface area contributed by atoms with E-state index in [9.17, 15) is 9.59 Å².